The lowest BCUT2D eigenvalue weighted by Crippen LogP contribution is -2.46. The lowest BCUT2D eigenvalue weighted by molar-refractivity contribution is -0.870. The predicted molar refractivity (Wildman–Crippen MR) is 298 cm³/mol. The van der Waals surface area contributed by atoms with Crippen molar-refractivity contribution in [3.05, 3.63) is 24.3 Å². The van der Waals surface area contributed by atoms with Crippen molar-refractivity contribution in [2.45, 2.75) is 315 Å². The molecule has 0 radical (unpaired) electrons. The first-order chi connectivity index (χ1) is 33.5. The fourth-order valence-electron chi connectivity index (χ4n) is 9.19. The summed E-state index contributed by atoms with van der Waals surface area (Å²) < 4.78 is 23.4. The van der Waals surface area contributed by atoms with Gasteiger partial charge in [0.05, 0.1) is 39.9 Å². The second-order valence-corrected chi connectivity index (χ2v) is 23.5. The summed E-state index contributed by atoms with van der Waals surface area (Å²) in [5.41, 5.74) is 0. The van der Waals surface area contributed by atoms with Gasteiger partial charge in [0.2, 0.25) is 5.91 Å². The Bertz CT molecular complexity index is 1170. The zero-order valence-corrected chi connectivity index (χ0v) is 47.7. The Morgan fingerprint density at radius 2 is 0.841 bits per heavy atom. The average molecular weight is 996 g/mol. The molecule has 0 saturated heterocycles. The molecular formula is C60H119N2O6P. The van der Waals surface area contributed by atoms with Crippen LogP contribution in [0.1, 0.15) is 303 Å². The summed E-state index contributed by atoms with van der Waals surface area (Å²) in [5.74, 6) is -0.160. The standard InChI is InChI=1S/C60H119N2O6P/c1-6-8-10-12-14-16-18-20-22-23-24-25-26-27-28-29-30-31-32-33-34-35-36-37-38-39-40-42-44-46-48-50-52-54-60(64)61-58(57-68-69(65,66)67-56-55-62(3,4)5)59(63)53-51-49-47-45-43-41-21-19-17-15-13-11-9-7-2/h24-25,27-28,58-59,63H,6-23,26,29-57H2,1-5H3,(H-,61,64,65,66)/b25-24-,28-27-. The van der Waals surface area contributed by atoms with Crippen LogP contribution in [0, 0.1) is 0 Å². The highest BCUT2D eigenvalue weighted by Crippen LogP contribution is 2.38. The van der Waals surface area contributed by atoms with E-state index in [0.717, 1.165) is 44.9 Å². The Labute approximate surface area is 430 Å². The van der Waals surface area contributed by atoms with E-state index >= 15 is 0 Å². The molecule has 69 heavy (non-hydrogen) atoms. The Hall–Kier alpha value is -1.02. The van der Waals surface area contributed by atoms with Gasteiger partial charge in [-0.05, 0) is 44.9 Å². The molecule has 0 heterocycles. The number of quaternary nitrogens is 1. The monoisotopic (exact) mass is 995 g/mol. The van der Waals surface area contributed by atoms with E-state index in [1.54, 1.807) is 0 Å². The molecule has 410 valence electrons. The Kier molecular flexibility index (Phi) is 51.1. The number of nitrogens with one attached hydrogen (secondary N) is 1. The largest absolute Gasteiger partial charge is 0.756 e. The number of likely N-dealkylation sites (N-methyl/N-ethyl adjacent to an activating group) is 1. The van der Waals surface area contributed by atoms with E-state index in [4.69, 9.17) is 9.05 Å². The predicted octanol–water partition coefficient (Wildman–Crippen LogP) is 17.7. The van der Waals surface area contributed by atoms with E-state index in [-0.39, 0.29) is 19.1 Å². The molecule has 0 rings (SSSR count). The number of hydrogen-bond donors (Lipinski definition) is 2. The average Bonchev–Trinajstić information content (AvgIpc) is 3.31. The van der Waals surface area contributed by atoms with Crippen molar-refractivity contribution in [2.75, 3.05) is 40.9 Å². The molecule has 0 aliphatic heterocycles. The summed E-state index contributed by atoms with van der Waals surface area (Å²) in [6, 6.07) is -0.798. The van der Waals surface area contributed by atoms with E-state index in [1.165, 1.54) is 231 Å². The van der Waals surface area contributed by atoms with Crippen molar-refractivity contribution in [3.63, 3.8) is 0 Å². The van der Waals surface area contributed by atoms with Crippen LogP contribution in [-0.2, 0) is 18.4 Å². The summed E-state index contributed by atoms with van der Waals surface area (Å²) in [5, 5.41) is 14.0. The SMILES string of the molecule is CCCCCCCCCCC/C=C\C/C=C\CCCCCCCCCCCCCCCCCCCC(=O)NC(COP(=O)([O-])OCC[N+](C)(C)C)C(O)CCCCCCCCCCCCCCCC. The Balaban J connectivity index is 3.98. The zero-order chi connectivity index (χ0) is 50.6. The van der Waals surface area contributed by atoms with Crippen LogP contribution in [0.5, 0.6) is 0 Å². The molecule has 0 aromatic carbocycles. The van der Waals surface area contributed by atoms with E-state index in [1.807, 2.05) is 21.1 Å². The van der Waals surface area contributed by atoms with Gasteiger partial charge in [0, 0.05) is 6.42 Å². The van der Waals surface area contributed by atoms with Gasteiger partial charge >= 0.3 is 0 Å². The first kappa shape index (κ1) is 68.0. The molecule has 3 atom stereocenters. The normalized spacial score (nSPS) is 14.0. The highest BCUT2D eigenvalue weighted by Gasteiger charge is 2.24. The third kappa shape index (κ3) is 54.6. The molecule has 2 N–H and O–H groups in total. The number of amides is 1. The number of aliphatic hydroxyl groups excluding tert-OH is 1. The van der Waals surface area contributed by atoms with Crippen LogP contribution in [0.15, 0.2) is 24.3 Å². The fraction of sp³-hybridized carbons (Fsp3) is 0.917. The number of phosphoric acid groups is 1. The molecule has 8 nitrogen and oxygen atoms in total. The molecule has 0 bridgehead atoms. The molecule has 1 amide bonds. The first-order valence-electron chi connectivity index (χ1n) is 30.2. The summed E-state index contributed by atoms with van der Waals surface area (Å²) >= 11 is 0. The maximum absolute atomic E-state index is 13.0. The summed E-state index contributed by atoms with van der Waals surface area (Å²) in [7, 11) is 1.32. The van der Waals surface area contributed by atoms with Crippen molar-refractivity contribution in [2.24, 2.45) is 0 Å². The van der Waals surface area contributed by atoms with Crippen LogP contribution >= 0.6 is 7.82 Å². The minimum Gasteiger partial charge on any atom is -0.756 e. The van der Waals surface area contributed by atoms with Gasteiger partial charge in [0.1, 0.15) is 13.2 Å². The van der Waals surface area contributed by atoms with Crippen LogP contribution in [0.4, 0.5) is 0 Å². The Morgan fingerprint density at radius 1 is 0.507 bits per heavy atom. The van der Waals surface area contributed by atoms with E-state index in [2.05, 4.69) is 43.5 Å². The maximum atomic E-state index is 13.0. The number of carbonyl (C=O) groups excluding carboxylic acids is 1. The third-order valence-electron chi connectivity index (χ3n) is 13.9. The molecule has 0 aliphatic carbocycles. The van der Waals surface area contributed by atoms with Gasteiger partial charge in [-0.25, -0.2) is 0 Å². The van der Waals surface area contributed by atoms with Gasteiger partial charge in [-0.1, -0.05) is 276 Å². The molecular weight excluding hydrogens is 876 g/mol. The zero-order valence-electron chi connectivity index (χ0n) is 46.8. The van der Waals surface area contributed by atoms with Gasteiger partial charge in [0.25, 0.3) is 7.82 Å². The number of carbonyl (C=O) groups is 1. The molecule has 0 spiro atoms. The molecule has 0 fully saturated rings. The van der Waals surface area contributed by atoms with E-state index in [9.17, 15) is 19.4 Å². The minimum absolute atomic E-state index is 0.0143. The quantitative estimate of drug-likeness (QED) is 0.0272. The van der Waals surface area contributed by atoms with Crippen molar-refractivity contribution < 1.29 is 32.9 Å². The van der Waals surface area contributed by atoms with Gasteiger partial charge < -0.3 is 28.8 Å². The van der Waals surface area contributed by atoms with Crippen LogP contribution in [-0.4, -0.2) is 68.5 Å². The van der Waals surface area contributed by atoms with Crippen molar-refractivity contribution in [3.8, 4) is 0 Å². The van der Waals surface area contributed by atoms with Gasteiger partial charge in [-0.2, -0.15) is 0 Å². The fourth-order valence-corrected chi connectivity index (χ4v) is 9.91. The van der Waals surface area contributed by atoms with Crippen LogP contribution in [0.2, 0.25) is 0 Å². The second kappa shape index (κ2) is 51.9. The highest BCUT2D eigenvalue weighted by atomic mass is 31.2. The first-order valence-corrected chi connectivity index (χ1v) is 31.6. The number of hydrogen-bond acceptors (Lipinski definition) is 6. The van der Waals surface area contributed by atoms with Gasteiger partial charge in [-0.15, -0.1) is 0 Å². The van der Waals surface area contributed by atoms with Crippen molar-refractivity contribution in [1.82, 2.24) is 5.32 Å². The minimum atomic E-state index is -4.57. The van der Waals surface area contributed by atoms with Crippen molar-refractivity contribution in [1.29, 1.82) is 0 Å². The van der Waals surface area contributed by atoms with Gasteiger partial charge in [-0.3, -0.25) is 9.36 Å². The lowest BCUT2D eigenvalue weighted by Gasteiger charge is -2.30. The number of aliphatic hydroxyl groups is 1. The molecule has 0 aromatic heterocycles. The number of phosphoric ester groups is 1. The second-order valence-electron chi connectivity index (χ2n) is 22.1. The number of unbranched alkanes of at least 4 members (excludes halogenated alkanes) is 39. The van der Waals surface area contributed by atoms with Gasteiger partial charge in [0.15, 0.2) is 0 Å². The van der Waals surface area contributed by atoms with Crippen LogP contribution in [0.3, 0.4) is 0 Å². The molecule has 0 aromatic rings. The molecule has 0 saturated carbocycles. The van der Waals surface area contributed by atoms with E-state index < -0.39 is 20.0 Å². The maximum Gasteiger partial charge on any atom is 0.268 e. The Morgan fingerprint density at radius 3 is 1.20 bits per heavy atom. The third-order valence-corrected chi connectivity index (χ3v) is 14.9. The van der Waals surface area contributed by atoms with Crippen LogP contribution < -0.4 is 10.2 Å². The molecule has 0 aliphatic rings. The smallest absolute Gasteiger partial charge is 0.268 e. The summed E-state index contributed by atoms with van der Waals surface area (Å²) in [4.78, 5) is 25.5. The molecule has 9 heteroatoms. The topological polar surface area (TPSA) is 108 Å². The number of nitrogens with zero attached hydrogens (tertiary/aromatic N) is 1. The summed E-state index contributed by atoms with van der Waals surface area (Å²) in [6.45, 7) is 4.75. The van der Waals surface area contributed by atoms with E-state index in [0.29, 0.717) is 23.9 Å². The van der Waals surface area contributed by atoms with Crippen molar-refractivity contribution >= 4 is 13.7 Å². The lowest BCUT2D eigenvalue weighted by atomic mass is 10.0. The molecule has 3 unspecified atom stereocenters. The van der Waals surface area contributed by atoms with Crippen LogP contribution in [0.25, 0.3) is 0 Å². The summed E-state index contributed by atoms with van der Waals surface area (Å²) in [6.07, 6.45) is 65.1. The number of rotatable bonds is 56. The number of allylic oxidation sites excluding steroid dienone is 4. The highest BCUT2D eigenvalue weighted by molar-refractivity contribution is 7.45.